The van der Waals surface area contributed by atoms with Crippen LogP contribution >= 0.6 is 0 Å². The number of hydrogen-bond donors (Lipinski definition) is 1. The summed E-state index contributed by atoms with van der Waals surface area (Å²) in [6, 6.07) is 7.84. The molecule has 0 aliphatic rings. The van der Waals surface area contributed by atoms with Gasteiger partial charge in [0.25, 0.3) is 0 Å². The van der Waals surface area contributed by atoms with E-state index in [-0.39, 0.29) is 11.4 Å². The number of aryl methyl sites for hydroxylation is 2. The fraction of sp³-hybridized carbons (Fsp3) is 0.231. The quantitative estimate of drug-likeness (QED) is 0.896. The second-order valence-electron chi connectivity index (χ2n) is 4.10. The number of hydrogen-bond acceptors (Lipinski definition) is 3. The van der Waals surface area contributed by atoms with Crippen LogP contribution in [-0.4, -0.2) is 20.9 Å². The van der Waals surface area contributed by atoms with Crippen molar-refractivity contribution < 1.29 is 14.6 Å². The average Bonchev–Trinajstić information content (AvgIpc) is 2.68. The lowest BCUT2D eigenvalue weighted by Crippen LogP contribution is -2.02. The predicted molar refractivity (Wildman–Crippen MR) is 65.7 cm³/mol. The number of carboxylic acids is 1. The van der Waals surface area contributed by atoms with Gasteiger partial charge in [0.2, 0.25) is 5.88 Å². The first-order valence-corrected chi connectivity index (χ1v) is 5.51. The molecule has 0 bridgehead atoms. The third-order valence-electron chi connectivity index (χ3n) is 2.48. The van der Waals surface area contributed by atoms with Gasteiger partial charge in [-0.3, -0.25) is 4.68 Å². The Bertz CT molecular complexity index is 575. The first kappa shape index (κ1) is 12.2. The van der Waals surface area contributed by atoms with E-state index in [1.807, 2.05) is 31.2 Å². The molecule has 0 amide bonds. The van der Waals surface area contributed by atoms with Crippen LogP contribution in [0.1, 0.15) is 21.5 Å². The maximum Gasteiger partial charge on any atom is 0.342 e. The van der Waals surface area contributed by atoms with Gasteiger partial charge in [0.15, 0.2) is 0 Å². The van der Waals surface area contributed by atoms with Gasteiger partial charge in [0.1, 0.15) is 12.2 Å². The van der Waals surface area contributed by atoms with E-state index in [9.17, 15) is 4.79 Å². The number of nitrogens with zero attached hydrogens (tertiary/aromatic N) is 2. The predicted octanol–water partition coefficient (Wildman–Crippen LogP) is 2.01. The molecule has 0 aliphatic heterocycles. The summed E-state index contributed by atoms with van der Waals surface area (Å²) >= 11 is 0. The number of carbonyl (C=O) groups is 1. The number of aromatic nitrogens is 2. The van der Waals surface area contributed by atoms with Gasteiger partial charge in [-0.1, -0.05) is 29.8 Å². The molecule has 0 spiro atoms. The Morgan fingerprint density at radius 2 is 2.28 bits per heavy atom. The molecule has 0 unspecified atom stereocenters. The Hall–Kier alpha value is -2.30. The van der Waals surface area contributed by atoms with Gasteiger partial charge in [0, 0.05) is 13.2 Å². The van der Waals surface area contributed by atoms with Crippen LogP contribution in [0.15, 0.2) is 30.5 Å². The summed E-state index contributed by atoms with van der Waals surface area (Å²) in [5.41, 5.74) is 2.19. The van der Waals surface area contributed by atoms with Crippen molar-refractivity contribution in [2.45, 2.75) is 13.5 Å². The van der Waals surface area contributed by atoms with Gasteiger partial charge in [-0.05, 0) is 12.5 Å². The Morgan fingerprint density at radius 3 is 2.94 bits per heavy atom. The molecule has 5 nitrogen and oxygen atoms in total. The lowest BCUT2D eigenvalue weighted by molar-refractivity contribution is 0.0691. The average molecular weight is 246 g/mol. The molecule has 2 rings (SSSR count). The fourth-order valence-electron chi connectivity index (χ4n) is 1.67. The summed E-state index contributed by atoms with van der Waals surface area (Å²) in [6.45, 7) is 2.30. The van der Waals surface area contributed by atoms with Crippen LogP contribution in [0.4, 0.5) is 0 Å². The first-order valence-electron chi connectivity index (χ1n) is 5.51. The number of carboxylic acid groups (broad SMARTS) is 1. The Balaban J connectivity index is 2.13. The Kier molecular flexibility index (Phi) is 3.32. The van der Waals surface area contributed by atoms with E-state index >= 15 is 0 Å². The molecule has 0 aliphatic carbocycles. The summed E-state index contributed by atoms with van der Waals surface area (Å²) in [5, 5.41) is 13.0. The van der Waals surface area contributed by atoms with Crippen molar-refractivity contribution in [1.29, 1.82) is 0 Å². The zero-order chi connectivity index (χ0) is 13.1. The third kappa shape index (κ3) is 2.68. The monoisotopic (exact) mass is 246 g/mol. The molecule has 1 aromatic carbocycles. The summed E-state index contributed by atoms with van der Waals surface area (Å²) in [7, 11) is 1.66. The first-order chi connectivity index (χ1) is 8.56. The Morgan fingerprint density at radius 1 is 1.50 bits per heavy atom. The number of benzene rings is 1. The van der Waals surface area contributed by atoms with E-state index in [0.717, 1.165) is 11.1 Å². The maximum absolute atomic E-state index is 11.0. The highest BCUT2D eigenvalue weighted by Crippen LogP contribution is 2.17. The molecule has 0 radical (unpaired) electrons. The lowest BCUT2D eigenvalue weighted by atomic mass is 10.1. The van der Waals surface area contributed by atoms with Crippen LogP contribution in [-0.2, 0) is 13.7 Å². The summed E-state index contributed by atoms with van der Waals surface area (Å²) < 4.78 is 6.87. The van der Waals surface area contributed by atoms with Crippen LogP contribution in [0.5, 0.6) is 5.88 Å². The van der Waals surface area contributed by atoms with Crippen molar-refractivity contribution in [2.24, 2.45) is 7.05 Å². The molecule has 1 heterocycles. The smallest absolute Gasteiger partial charge is 0.342 e. The minimum Gasteiger partial charge on any atom is -0.477 e. The summed E-state index contributed by atoms with van der Waals surface area (Å²) in [4.78, 5) is 11.0. The number of ether oxygens (including phenoxy) is 1. The normalized spacial score (nSPS) is 10.3. The zero-order valence-electron chi connectivity index (χ0n) is 10.3. The van der Waals surface area contributed by atoms with Crippen molar-refractivity contribution >= 4 is 5.97 Å². The van der Waals surface area contributed by atoms with Crippen LogP contribution in [0.25, 0.3) is 0 Å². The minimum absolute atomic E-state index is 0.0742. The zero-order valence-corrected chi connectivity index (χ0v) is 10.3. The van der Waals surface area contributed by atoms with E-state index in [1.54, 1.807) is 7.05 Å². The number of aromatic carboxylic acids is 1. The Labute approximate surface area is 105 Å². The van der Waals surface area contributed by atoms with E-state index < -0.39 is 5.97 Å². The van der Waals surface area contributed by atoms with Gasteiger partial charge in [-0.25, -0.2) is 4.79 Å². The standard InChI is InChI=1S/C13H14N2O3/c1-9-4-3-5-10(6-9)8-18-12-11(13(16)17)7-15(2)14-12/h3-7H,8H2,1-2H3,(H,16,17). The third-order valence-corrected chi connectivity index (χ3v) is 2.48. The van der Waals surface area contributed by atoms with Crippen LogP contribution in [0, 0.1) is 6.92 Å². The summed E-state index contributed by atoms with van der Waals surface area (Å²) in [6.07, 6.45) is 1.42. The van der Waals surface area contributed by atoms with Crippen molar-refractivity contribution in [3.05, 3.63) is 47.2 Å². The highest BCUT2D eigenvalue weighted by Gasteiger charge is 2.15. The van der Waals surface area contributed by atoms with E-state index in [1.165, 1.54) is 10.9 Å². The van der Waals surface area contributed by atoms with E-state index in [0.29, 0.717) is 6.61 Å². The second-order valence-corrected chi connectivity index (χ2v) is 4.10. The van der Waals surface area contributed by atoms with Crippen molar-refractivity contribution in [2.75, 3.05) is 0 Å². The van der Waals surface area contributed by atoms with Crippen molar-refractivity contribution in [3.8, 4) is 5.88 Å². The molecular formula is C13H14N2O3. The van der Waals surface area contributed by atoms with Gasteiger partial charge in [0.05, 0.1) is 0 Å². The van der Waals surface area contributed by atoms with Crippen LogP contribution in [0.2, 0.25) is 0 Å². The summed E-state index contributed by atoms with van der Waals surface area (Å²) in [5.74, 6) is -0.895. The topological polar surface area (TPSA) is 64.4 Å². The molecule has 1 aromatic heterocycles. The second kappa shape index (κ2) is 4.91. The molecule has 0 saturated carbocycles. The largest absolute Gasteiger partial charge is 0.477 e. The molecule has 0 atom stereocenters. The molecule has 94 valence electrons. The highest BCUT2D eigenvalue weighted by molar-refractivity contribution is 5.89. The fourth-order valence-corrected chi connectivity index (χ4v) is 1.67. The van der Waals surface area contributed by atoms with Gasteiger partial charge in [-0.2, -0.15) is 0 Å². The molecule has 5 heteroatoms. The minimum atomic E-state index is -1.04. The van der Waals surface area contributed by atoms with Crippen molar-refractivity contribution in [1.82, 2.24) is 9.78 Å². The highest BCUT2D eigenvalue weighted by atomic mass is 16.5. The van der Waals surface area contributed by atoms with Gasteiger partial charge >= 0.3 is 5.97 Å². The molecule has 0 saturated heterocycles. The maximum atomic E-state index is 11.0. The van der Waals surface area contributed by atoms with Gasteiger partial charge in [-0.15, -0.1) is 5.10 Å². The molecule has 2 aromatic rings. The molecular weight excluding hydrogens is 232 g/mol. The van der Waals surface area contributed by atoms with Crippen LogP contribution in [0.3, 0.4) is 0 Å². The van der Waals surface area contributed by atoms with Gasteiger partial charge < -0.3 is 9.84 Å². The SMILES string of the molecule is Cc1cccc(COc2nn(C)cc2C(=O)O)c1. The molecule has 1 N–H and O–H groups in total. The number of rotatable bonds is 4. The van der Waals surface area contributed by atoms with E-state index in [2.05, 4.69) is 5.10 Å². The van der Waals surface area contributed by atoms with Crippen molar-refractivity contribution in [3.63, 3.8) is 0 Å². The lowest BCUT2D eigenvalue weighted by Gasteiger charge is -2.04. The van der Waals surface area contributed by atoms with E-state index in [4.69, 9.17) is 9.84 Å². The molecule has 18 heavy (non-hydrogen) atoms. The van der Waals surface area contributed by atoms with Crippen LogP contribution < -0.4 is 4.74 Å². The molecule has 0 fully saturated rings.